The van der Waals surface area contributed by atoms with Crippen LogP contribution in [-0.2, 0) is 4.79 Å². The number of ether oxygens (including phenoxy) is 2. The van der Waals surface area contributed by atoms with Crippen molar-refractivity contribution in [2.45, 2.75) is 5.16 Å². The summed E-state index contributed by atoms with van der Waals surface area (Å²) >= 11 is 13.1. The van der Waals surface area contributed by atoms with Crippen LogP contribution in [0, 0.1) is 0 Å². The van der Waals surface area contributed by atoms with E-state index in [1.54, 1.807) is 43.5 Å². The number of nitrogen functional groups attached to an aromatic ring is 1. The number of amides is 1. The minimum Gasteiger partial charge on any atom is -0.497 e. The van der Waals surface area contributed by atoms with Crippen molar-refractivity contribution in [3.05, 3.63) is 52.0 Å². The molecule has 0 aliphatic heterocycles. The molecule has 13 heteroatoms. The molecule has 0 atom stereocenters. The molecule has 4 N–H and O–H groups in total. The Morgan fingerprint density at radius 2 is 2.03 bits per heavy atom. The van der Waals surface area contributed by atoms with Gasteiger partial charge in [0.1, 0.15) is 11.5 Å². The lowest BCUT2D eigenvalue weighted by molar-refractivity contribution is -0.113. The standard InChI is InChI=1S/C19H19Cl2N7O3S/c1-30-13-5-6-15(16(8-13)31-2)24-17(29)10-32-19-27-26-18(28(19)22)25-23-9-11-3-4-12(20)7-14(11)21/h3-9H,10,22H2,1-2H3,(H,24,29)(H,25,26)/b23-9+. The van der Waals surface area contributed by atoms with Crippen molar-refractivity contribution in [1.82, 2.24) is 14.9 Å². The number of aromatic nitrogens is 3. The van der Waals surface area contributed by atoms with Crippen LogP contribution in [-0.4, -0.2) is 47.0 Å². The summed E-state index contributed by atoms with van der Waals surface area (Å²) in [6.07, 6.45) is 1.50. The fourth-order valence-electron chi connectivity index (χ4n) is 2.44. The van der Waals surface area contributed by atoms with E-state index in [2.05, 4.69) is 26.0 Å². The summed E-state index contributed by atoms with van der Waals surface area (Å²) in [6, 6.07) is 10.1. The number of hydrogen-bond donors (Lipinski definition) is 3. The van der Waals surface area contributed by atoms with Gasteiger partial charge in [-0.3, -0.25) is 4.79 Å². The Kier molecular flexibility index (Phi) is 8.03. The van der Waals surface area contributed by atoms with Crippen LogP contribution in [0.1, 0.15) is 5.56 Å². The molecule has 0 saturated carbocycles. The lowest BCUT2D eigenvalue weighted by Gasteiger charge is -2.11. The summed E-state index contributed by atoms with van der Waals surface area (Å²) in [4.78, 5) is 12.3. The molecule has 1 heterocycles. The Bertz CT molecular complexity index is 1140. The van der Waals surface area contributed by atoms with E-state index in [0.29, 0.717) is 38.0 Å². The quantitative estimate of drug-likeness (QED) is 0.178. The number of benzene rings is 2. The van der Waals surface area contributed by atoms with Crippen LogP contribution in [0.25, 0.3) is 0 Å². The van der Waals surface area contributed by atoms with E-state index < -0.39 is 0 Å². The van der Waals surface area contributed by atoms with Gasteiger partial charge in [0.2, 0.25) is 11.1 Å². The maximum absolute atomic E-state index is 12.3. The number of anilines is 2. The number of halogens is 2. The van der Waals surface area contributed by atoms with Crippen molar-refractivity contribution >= 4 is 58.7 Å². The molecule has 0 radical (unpaired) electrons. The number of hydrogen-bond acceptors (Lipinski definition) is 9. The van der Waals surface area contributed by atoms with Crippen molar-refractivity contribution < 1.29 is 14.3 Å². The number of hydrazone groups is 1. The Labute approximate surface area is 198 Å². The highest BCUT2D eigenvalue weighted by Gasteiger charge is 2.14. The molecule has 0 fully saturated rings. The van der Waals surface area contributed by atoms with Gasteiger partial charge >= 0.3 is 0 Å². The summed E-state index contributed by atoms with van der Waals surface area (Å²) in [5.41, 5.74) is 3.86. The van der Waals surface area contributed by atoms with Crippen molar-refractivity contribution in [3.63, 3.8) is 0 Å². The largest absolute Gasteiger partial charge is 0.497 e. The fraction of sp³-hybridized carbons (Fsp3) is 0.158. The van der Waals surface area contributed by atoms with Gasteiger partial charge in [0.05, 0.1) is 36.9 Å². The minimum atomic E-state index is -0.272. The van der Waals surface area contributed by atoms with Crippen molar-refractivity contribution in [1.29, 1.82) is 0 Å². The smallest absolute Gasteiger partial charge is 0.264 e. The van der Waals surface area contributed by atoms with Crippen molar-refractivity contribution in [2.75, 3.05) is 36.6 Å². The van der Waals surface area contributed by atoms with Crippen molar-refractivity contribution in [3.8, 4) is 11.5 Å². The summed E-state index contributed by atoms with van der Waals surface area (Å²) in [6.45, 7) is 0. The van der Waals surface area contributed by atoms with E-state index in [4.69, 9.17) is 38.5 Å². The van der Waals surface area contributed by atoms with E-state index in [0.717, 1.165) is 11.8 Å². The highest BCUT2D eigenvalue weighted by molar-refractivity contribution is 7.99. The number of nitrogens with two attached hydrogens (primary N) is 1. The molecule has 1 amide bonds. The van der Waals surface area contributed by atoms with E-state index in [-0.39, 0.29) is 17.6 Å². The van der Waals surface area contributed by atoms with Crippen LogP contribution in [0.5, 0.6) is 11.5 Å². The zero-order valence-corrected chi connectivity index (χ0v) is 19.3. The first-order chi connectivity index (χ1) is 15.4. The molecule has 0 saturated heterocycles. The van der Waals surface area contributed by atoms with Crippen LogP contribution in [0.3, 0.4) is 0 Å². The van der Waals surface area contributed by atoms with Gasteiger partial charge in [-0.15, -0.1) is 10.2 Å². The van der Waals surface area contributed by atoms with Crippen LogP contribution in [0.2, 0.25) is 10.0 Å². The zero-order chi connectivity index (χ0) is 23.1. The molecule has 0 spiro atoms. The lowest BCUT2D eigenvalue weighted by atomic mass is 10.2. The van der Waals surface area contributed by atoms with Gasteiger partial charge in [-0.05, 0) is 24.3 Å². The summed E-state index contributed by atoms with van der Waals surface area (Å²) < 4.78 is 11.6. The normalized spacial score (nSPS) is 10.9. The molecule has 0 bridgehead atoms. The molecule has 168 valence electrons. The number of carbonyl (C=O) groups excluding carboxylic acids is 1. The van der Waals surface area contributed by atoms with Gasteiger partial charge < -0.3 is 20.6 Å². The second-order valence-corrected chi connectivity index (χ2v) is 7.90. The average Bonchev–Trinajstić information content (AvgIpc) is 3.13. The van der Waals surface area contributed by atoms with E-state index in [1.165, 1.54) is 18.0 Å². The summed E-state index contributed by atoms with van der Waals surface area (Å²) in [7, 11) is 3.06. The van der Waals surface area contributed by atoms with Gasteiger partial charge in [-0.2, -0.15) is 5.10 Å². The Hall–Kier alpha value is -3.15. The molecule has 3 aromatic rings. The average molecular weight is 496 g/mol. The summed E-state index contributed by atoms with van der Waals surface area (Å²) in [5, 5.41) is 16.0. The zero-order valence-electron chi connectivity index (χ0n) is 17.0. The maximum Gasteiger partial charge on any atom is 0.264 e. The second-order valence-electron chi connectivity index (χ2n) is 6.12. The molecular weight excluding hydrogens is 477 g/mol. The third kappa shape index (κ3) is 5.96. The number of nitrogens with one attached hydrogen (secondary N) is 2. The molecule has 10 nitrogen and oxygen atoms in total. The van der Waals surface area contributed by atoms with E-state index >= 15 is 0 Å². The first kappa shape index (κ1) is 23.5. The number of carbonyl (C=O) groups is 1. The second kappa shape index (κ2) is 10.9. The number of methoxy groups -OCH3 is 2. The van der Waals surface area contributed by atoms with Crippen LogP contribution in [0.15, 0.2) is 46.7 Å². The first-order valence-corrected chi connectivity index (χ1v) is 10.7. The third-order valence-corrected chi connectivity index (χ3v) is 5.52. The topological polar surface area (TPSA) is 129 Å². The molecule has 0 aliphatic rings. The first-order valence-electron chi connectivity index (χ1n) is 9.00. The Morgan fingerprint density at radius 3 is 2.75 bits per heavy atom. The molecule has 1 aromatic heterocycles. The third-order valence-electron chi connectivity index (χ3n) is 4.01. The number of rotatable bonds is 9. The van der Waals surface area contributed by atoms with Crippen LogP contribution in [0.4, 0.5) is 11.6 Å². The maximum atomic E-state index is 12.3. The number of nitrogens with zero attached hydrogens (tertiary/aromatic N) is 4. The van der Waals surface area contributed by atoms with Gasteiger partial charge in [0.25, 0.3) is 5.95 Å². The van der Waals surface area contributed by atoms with Gasteiger partial charge in [0, 0.05) is 16.7 Å². The Balaban J connectivity index is 1.56. The van der Waals surface area contributed by atoms with Gasteiger partial charge in [0.15, 0.2) is 0 Å². The molecule has 0 aliphatic carbocycles. The van der Waals surface area contributed by atoms with Gasteiger partial charge in [-0.25, -0.2) is 10.1 Å². The Morgan fingerprint density at radius 1 is 1.22 bits per heavy atom. The van der Waals surface area contributed by atoms with E-state index in [9.17, 15) is 4.79 Å². The molecule has 2 aromatic carbocycles. The molecule has 0 unspecified atom stereocenters. The fourth-order valence-corrected chi connectivity index (χ4v) is 3.55. The highest BCUT2D eigenvalue weighted by atomic mass is 35.5. The van der Waals surface area contributed by atoms with Crippen LogP contribution < -0.4 is 26.1 Å². The predicted molar refractivity (Wildman–Crippen MR) is 127 cm³/mol. The highest BCUT2D eigenvalue weighted by Crippen LogP contribution is 2.29. The van der Waals surface area contributed by atoms with Gasteiger partial charge in [-0.1, -0.05) is 41.0 Å². The van der Waals surface area contributed by atoms with Crippen molar-refractivity contribution in [2.24, 2.45) is 5.10 Å². The lowest BCUT2D eigenvalue weighted by Crippen LogP contribution is -2.17. The predicted octanol–water partition coefficient (Wildman–Crippen LogP) is 3.49. The van der Waals surface area contributed by atoms with E-state index in [1.807, 2.05) is 0 Å². The minimum absolute atomic E-state index is 0.0498. The SMILES string of the molecule is COc1ccc(NC(=O)CSc2nnc(N/N=C/c3ccc(Cl)cc3Cl)n2N)c(OC)c1. The molecular formula is C19H19Cl2N7O3S. The summed E-state index contributed by atoms with van der Waals surface area (Å²) in [5.74, 6) is 7.04. The van der Waals surface area contributed by atoms with Crippen LogP contribution >= 0.6 is 35.0 Å². The number of thioether (sulfide) groups is 1. The molecule has 32 heavy (non-hydrogen) atoms. The molecule has 3 rings (SSSR count). The monoisotopic (exact) mass is 495 g/mol.